The van der Waals surface area contributed by atoms with Crippen LogP contribution in [0.4, 0.5) is 4.39 Å². The third kappa shape index (κ3) is 2.30. The van der Waals surface area contributed by atoms with E-state index < -0.39 is 0 Å². The minimum absolute atomic E-state index is 0.145. The predicted octanol–water partition coefficient (Wildman–Crippen LogP) is 3.60. The smallest absolute Gasteiger partial charge is 0.209 e. The molecule has 4 heteroatoms. The van der Waals surface area contributed by atoms with Crippen LogP contribution in [-0.2, 0) is 6.42 Å². The van der Waals surface area contributed by atoms with Crippen LogP contribution in [-0.4, -0.2) is 10.8 Å². The van der Waals surface area contributed by atoms with Gasteiger partial charge < -0.3 is 4.98 Å². The number of benzene rings is 2. The Bertz CT molecular complexity index is 857. The summed E-state index contributed by atoms with van der Waals surface area (Å²) in [6, 6.07) is 14.9. The summed E-state index contributed by atoms with van der Waals surface area (Å²) in [6.07, 6.45) is 0.145. The van der Waals surface area contributed by atoms with E-state index in [9.17, 15) is 9.18 Å². The summed E-state index contributed by atoms with van der Waals surface area (Å²) in [7, 11) is 0. The van der Waals surface area contributed by atoms with E-state index in [-0.39, 0.29) is 18.0 Å². The van der Waals surface area contributed by atoms with Crippen LogP contribution in [0.1, 0.15) is 21.6 Å². The zero-order chi connectivity index (χ0) is 14.8. The van der Waals surface area contributed by atoms with Crippen molar-refractivity contribution in [3.05, 3.63) is 71.2 Å². The number of aromatic amines is 1. The fraction of sp³-hybridized carbons (Fsp3) is 0.0588. The summed E-state index contributed by atoms with van der Waals surface area (Å²) in [5.74, 6) is -0.628. The van der Waals surface area contributed by atoms with Crippen LogP contribution in [0.25, 0.3) is 10.9 Å². The predicted molar refractivity (Wildman–Crippen MR) is 77.4 cm³/mol. The number of aromatic nitrogens is 1. The molecule has 3 nitrogen and oxygen atoms in total. The molecule has 0 aliphatic heterocycles. The summed E-state index contributed by atoms with van der Waals surface area (Å²) in [5, 5.41) is 9.85. The van der Waals surface area contributed by atoms with Crippen molar-refractivity contribution in [2.45, 2.75) is 6.42 Å². The molecule has 0 amide bonds. The molecule has 0 saturated heterocycles. The molecular weight excluding hydrogens is 267 g/mol. The van der Waals surface area contributed by atoms with Crippen molar-refractivity contribution in [3.63, 3.8) is 0 Å². The maximum absolute atomic E-state index is 13.0. The van der Waals surface area contributed by atoms with Crippen molar-refractivity contribution >= 4 is 16.7 Å². The standard InChI is InChI=1S/C17H11FN2O/c18-12-7-5-11(6-8-12)17(21)16-14(9-10-19)13-3-1-2-4-15(13)20-16/h1-8,20H,9H2. The number of halogens is 1. The Balaban J connectivity index is 2.15. The molecule has 0 aliphatic rings. The highest BCUT2D eigenvalue weighted by atomic mass is 19.1. The zero-order valence-electron chi connectivity index (χ0n) is 11.1. The lowest BCUT2D eigenvalue weighted by atomic mass is 10.0. The first kappa shape index (κ1) is 13.1. The first-order valence-electron chi connectivity index (χ1n) is 6.47. The molecule has 0 radical (unpaired) electrons. The van der Waals surface area contributed by atoms with Crippen LogP contribution < -0.4 is 0 Å². The third-order valence-corrected chi connectivity index (χ3v) is 3.40. The molecule has 1 N–H and O–H groups in total. The van der Waals surface area contributed by atoms with Crippen molar-refractivity contribution in [1.82, 2.24) is 4.98 Å². The number of hydrogen-bond acceptors (Lipinski definition) is 2. The van der Waals surface area contributed by atoms with Crippen LogP contribution >= 0.6 is 0 Å². The molecule has 0 spiro atoms. The van der Waals surface area contributed by atoms with Gasteiger partial charge in [0.05, 0.1) is 18.2 Å². The van der Waals surface area contributed by atoms with Gasteiger partial charge in [0, 0.05) is 22.0 Å². The van der Waals surface area contributed by atoms with E-state index in [1.807, 2.05) is 24.3 Å². The zero-order valence-corrected chi connectivity index (χ0v) is 11.1. The topological polar surface area (TPSA) is 56.6 Å². The quantitative estimate of drug-likeness (QED) is 0.744. The molecule has 1 aromatic heterocycles. The van der Waals surface area contributed by atoms with Crippen LogP contribution in [0.2, 0.25) is 0 Å². The molecule has 0 atom stereocenters. The van der Waals surface area contributed by atoms with Gasteiger partial charge in [0.2, 0.25) is 5.78 Å². The van der Waals surface area contributed by atoms with Gasteiger partial charge in [-0.3, -0.25) is 4.79 Å². The second-order valence-electron chi connectivity index (χ2n) is 4.70. The number of carbonyl (C=O) groups is 1. The number of nitriles is 1. The molecule has 0 saturated carbocycles. The number of nitrogens with zero attached hydrogens (tertiary/aromatic N) is 1. The Labute approximate surface area is 120 Å². The first-order chi connectivity index (χ1) is 10.2. The first-order valence-corrected chi connectivity index (χ1v) is 6.47. The largest absolute Gasteiger partial charge is 0.352 e. The Kier molecular flexibility index (Phi) is 3.25. The minimum Gasteiger partial charge on any atom is -0.352 e. The van der Waals surface area contributed by atoms with E-state index in [2.05, 4.69) is 11.1 Å². The number of H-pyrrole nitrogens is 1. The van der Waals surface area contributed by atoms with Crippen molar-refractivity contribution in [3.8, 4) is 6.07 Å². The molecule has 2 aromatic carbocycles. The van der Waals surface area contributed by atoms with Crippen LogP contribution in [0.5, 0.6) is 0 Å². The number of carbonyl (C=O) groups excluding carboxylic acids is 1. The highest BCUT2D eigenvalue weighted by Gasteiger charge is 2.18. The molecule has 3 aromatic rings. The molecule has 1 heterocycles. The fourth-order valence-electron chi connectivity index (χ4n) is 2.40. The molecule has 0 fully saturated rings. The van der Waals surface area contributed by atoms with Gasteiger partial charge in [-0.05, 0) is 30.3 Å². The monoisotopic (exact) mass is 278 g/mol. The summed E-state index contributed by atoms with van der Waals surface area (Å²) >= 11 is 0. The molecular formula is C17H11FN2O. The van der Waals surface area contributed by atoms with E-state index in [1.165, 1.54) is 24.3 Å². The van der Waals surface area contributed by atoms with Gasteiger partial charge in [-0.25, -0.2) is 4.39 Å². The van der Waals surface area contributed by atoms with E-state index in [1.54, 1.807) is 0 Å². The maximum atomic E-state index is 13.0. The van der Waals surface area contributed by atoms with Crippen molar-refractivity contribution in [2.75, 3.05) is 0 Å². The number of rotatable bonds is 3. The van der Waals surface area contributed by atoms with Gasteiger partial charge >= 0.3 is 0 Å². The number of nitrogens with one attached hydrogen (secondary N) is 1. The van der Waals surface area contributed by atoms with Gasteiger partial charge in [-0.2, -0.15) is 5.26 Å². The van der Waals surface area contributed by atoms with Gasteiger partial charge in [0.25, 0.3) is 0 Å². The van der Waals surface area contributed by atoms with Gasteiger partial charge in [0.1, 0.15) is 5.82 Å². The van der Waals surface area contributed by atoms with E-state index in [0.29, 0.717) is 16.8 Å². The number of ketones is 1. The average molecular weight is 278 g/mol. The Morgan fingerprint density at radius 3 is 2.57 bits per heavy atom. The average Bonchev–Trinajstić information content (AvgIpc) is 2.87. The van der Waals surface area contributed by atoms with Crippen molar-refractivity contribution < 1.29 is 9.18 Å². The summed E-state index contributed by atoms with van der Waals surface area (Å²) < 4.78 is 13.0. The highest BCUT2D eigenvalue weighted by Crippen LogP contribution is 2.25. The lowest BCUT2D eigenvalue weighted by molar-refractivity contribution is 0.103. The maximum Gasteiger partial charge on any atom is 0.209 e. The normalized spacial score (nSPS) is 10.5. The Hall–Kier alpha value is -2.93. The van der Waals surface area contributed by atoms with Gasteiger partial charge in [-0.1, -0.05) is 18.2 Å². The number of hydrogen-bond donors (Lipinski definition) is 1. The number of para-hydroxylation sites is 1. The Morgan fingerprint density at radius 1 is 1.14 bits per heavy atom. The molecule has 102 valence electrons. The SMILES string of the molecule is N#CCc1c(C(=O)c2ccc(F)cc2)[nH]c2ccccc12. The molecule has 21 heavy (non-hydrogen) atoms. The molecule has 0 unspecified atom stereocenters. The molecule has 0 bridgehead atoms. The molecule has 0 aliphatic carbocycles. The van der Waals surface area contributed by atoms with Crippen LogP contribution in [0, 0.1) is 17.1 Å². The van der Waals surface area contributed by atoms with E-state index >= 15 is 0 Å². The van der Waals surface area contributed by atoms with Crippen molar-refractivity contribution in [2.24, 2.45) is 0 Å². The summed E-state index contributed by atoms with van der Waals surface area (Å²) in [6.45, 7) is 0. The lowest BCUT2D eigenvalue weighted by Gasteiger charge is -2.01. The second-order valence-corrected chi connectivity index (χ2v) is 4.70. The lowest BCUT2D eigenvalue weighted by Crippen LogP contribution is -2.05. The highest BCUT2D eigenvalue weighted by molar-refractivity contribution is 6.11. The van der Waals surface area contributed by atoms with E-state index in [0.717, 1.165) is 10.9 Å². The van der Waals surface area contributed by atoms with E-state index in [4.69, 9.17) is 5.26 Å². The summed E-state index contributed by atoms with van der Waals surface area (Å²) in [4.78, 5) is 15.6. The second kappa shape index (κ2) is 5.22. The molecule has 3 rings (SSSR count). The minimum atomic E-state index is -0.388. The van der Waals surface area contributed by atoms with Crippen LogP contribution in [0.3, 0.4) is 0 Å². The van der Waals surface area contributed by atoms with Gasteiger partial charge in [0.15, 0.2) is 0 Å². The third-order valence-electron chi connectivity index (χ3n) is 3.40. The summed E-state index contributed by atoms with van der Waals surface area (Å²) in [5.41, 5.74) is 2.28. The Morgan fingerprint density at radius 2 is 1.86 bits per heavy atom. The number of fused-ring (bicyclic) bond motifs is 1. The fourth-order valence-corrected chi connectivity index (χ4v) is 2.40. The van der Waals surface area contributed by atoms with Gasteiger partial charge in [-0.15, -0.1) is 0 Å². The van der Waals surface area contributed by atoms with Crippen LogP contribution in [0.15, 0.2) is 48.5 Å². The van der Waals surface area contributed by atoms with Crippen molar-refractivity contribution in [1.29, 1.82) is 5.26 Å².